The first kappa shape index (κ1) is 9.97. The van der Waals surface area contributed by atoms with E-state index >= 15 is 0 Å². The third-order valence-electron chi connectivity index (χ3n) is 1.06. The van der Waals surface area contributed by atoms with Gasteiger partial charge in [0.25, 0.3) is 0 Å². The first-order valence-electron chi connectivity index (χ1n) is 3.50. The van der Waals surface area contributed by atoms with Crippen LogP contribution in [0.1, 0.15) is 6.42 Å². The van der Waals surface area contributed by atoms with Gasteiger partial charge in [-0.25, -0.2) is 0 Å². The van der Waals surface area contributed by atoms with Gasteiger partial charge in [0.2, 0.25) is 5.91 Å². The summed E-state index contributed by atoms with van der Waals surface area (Å²) in [5.41, 5.74) is 5.05. The van der Waals surface area contributed by atoms with E-state index in [1.54, 1.807) is 0 Å². The van der Waals surface area contributed by atoms with Crippen LogP contribution in [0.5, 0.6) is 0 Å². The molecule has 0 spiro atoms. The van der Waals surface area contributed by atoms with Crippen LogP contribution in [0.2, 0.25) is 0 Å². The second-order valence-corrected chi connectivity index (χ2v) is 1.95. The minimum absolute atomic E-state index is 0.0440. The molecule has 0 aromatic carbocycles. The van der Waals surface area contributed by atoms with Gasteiger partial charge in [-0.1, -0.05) is 6.58 Å². The van der Waals surface area contributed by atoms with E-state index in [2.05, 4.69) is 11.9 Å². The van der Waals surface area contributed by atoms with Crippen LogP contribution in [0.25, 0.3) is 0 Å². The number of hydrogen-bond acceptors (Lipinski definition) is 3. The zero-order valence-electron chi connectivity index (χ0n) is 6.51. The SMILES string of the molecule is C=COCCCNC(=O)CN. The highest BCUT2D eigenvalue weighted by Gasteiger charge is 1.93. The van der Waals surface area contributed by atoms with Crippen molar-refractivity contribution in [3.63, 3.8) is 0 Å². The number of amides is 1. The van der Waals surface area contributed by atoms with E-state index in [0.717, 1.165) is 6.42 Å². The Labute approximate surface area is 66.4 Å². The lowest BCUT2D eigenvalue weighted by atomic mass is 10.4. The van der Waals surface area contributed by atoms with Gasteiger partial charge < -0.3 is 15.8 Å². The van der Waals surface area contributed by atoms with Gasteiger partial charge in [0.05, 0.1) is 19.4 Å². The van der Waals surface area contributed by atoms with E-state index in [1.165, 1.54) is 6.26 Å². The molecule has 0 radical (unpaired) electrons. The Balaban J connectivity index is 3.01. The van der Waals surface area contributed by atoms with Crippen molar-refractivity contribution < 1.29 is 9.53 Å². The highest BCUT2D eigenvalue weighted by atomic mass is 16.5. The Morgan fingerprint density at radius 2 is 2.45 bits per heavy atom. The fourth-order valence-electron chi connectivity index (χ4n) is 0.539. The number of carbonyl (C=O) groups excluding carboxylic acids is 1. The smallest absolute Gasteiger partial charge is 0.233 e. The van der Waals surface area contributed by atoms with Gasteiger partial charge in [-0.2, -0.15) is 0 Å². The monoisotopic (exact) mass is 158 g/mol. The summed E-state index contributed by atoms with van der Waals surface area (Å²) in [6, 6.07) is 0. The summed E-state index contributed by atoms with van der Waals surface area (Å²) in [6.07, 6.45) is 2.16. The molecule has 0 aliphatic heterocycles. The van der Waals surface area contributed by atoms with E-state index < -0.39 is 0 Å². The van der Waals surface area contributed by atoms with Gasteiger partial charge in [0.1, 0.15) is 0 Å². The van der Waals surface area contributed by atoms with Crippen molar-refractivity contribution in [2.45, 2.75) is 6.42 Å². The Morgan fingerprint density at radius 3 is 3.00 bits per heavy atom. The van der Waals surface area contributed by atoms with Crippen LogP contribution in [0.3, 0.4) is 0 Å². The quantitative estimate of drug-likeness (QED) is 0.409. The molecule has 0 aliphatic rings. The number of ether oxygens (including phenoxy) is 1. The van der Waals surface area contributed by atoms with Crippen molar-refractivity contribution in [3.05, 3.63) is 12.8 Å². The fraction of sp³-hybridized carbons (Fsp3) is 0.571. The van der Waals surface area contributed by atoms with Gasteiger partial charge in [0, 0.05) is 6.54 Å². The van der Waals surface area contributed by atoms with E-state index in [0.29, 0.717) is 13.2 Å². The molecule has 1 amide bonds. The molecule has 0 aliphatic carbocycles. The molecule has 0 aromatic rings. The van der Waals surface area contributed by atoms with Crippen LogP contribution in [-0.2, 0) is 9.53 Å². The van der Waals surface area contributed by atoms with Crippen molar-refractivity contribution in [1.29, 1.82) is 0 Å². The molecule has 64 valence electrons. The van der Waals surface area contributed by atoms with Crippen LogP contribution in [0, 0.1) is 0 Å². The normalized spacial score (nSPS) is 8.82. The van der Waals surface area contributed by atoms with Gasteiger partial charge in [-0.05, 0) is 6.42 Å². The Kier molecular flexibility index (Phi) is 6.42. The van der Waals surface area contributed by atoms with Gasteiger partial charge >= 0.3 is 0 Å². The fourth-order valence-corrected chi connectivity index (χ4v) is 0.539. The summed E-state index contributed by atoms with van der Waals surface area (Å²) in [7, 11) is 0. The van der Waals surface area contributed by atoms with Crippen LogP contribution in [0.4, 0.5) is 0 Å². The summed E-state index contributed by atoms with van der Waals surface area (Å²) in [4.78, 5) is 10.5. The van der Waals surface area contributed by atoms with Crippen LogP contribution in [-0.4, -0.2) is 25.6 Å². The average Bonchev–Trinajstić information content (AvgIpc) is 2.04. The molecule has 11 heavy (non-hydrogen) atoms. The highest BCUT2D eigenvalue weighted by Crippen LogP contribution is 1.79. The van der Waals surface area contributed by atoms with E-state index in [9.17, 15) is 4.79 Å². The zero-order valence-corrected chi connectivity index (χ0v) is 6.51. The lowest BCUT2D eigenvalue weighted by Crippen LogP contribution is -2.31. The zero-order chi connectivity index (χ0) is 8.53. The van der Waals surface area contributed by atoms with Crippen molar-refractivity contribution in [2.75, 3.05) is 19.7 Å². The maximum absolute atomic E-state index is 10.5. The molecule has 0 aromatic heterocycles. The van der Waals surface area contributed by atoms with E-state index in [-0.39, 0.29) is 12.5 Å². The molecule has 4 heteroatoms. The lowest BCUT2D eigenvalue weighted by molar-refractivity contribution is -0.119. The molecule has 4 nitrogen and oxygen atoms in total. The molecule has 0 atom stereocenters. The summed E-state index contributed by atoms with van der Waals surface area (Å²) >= 11 is 0. The lowest BCUT2D eigenvalue weighted by Gasteiger charge is -2.02. The predicted octanol–water partition coefficient (Wildman–Crippen LogP) is -0.388. The molecule has 0 bridgehead atoms. The third kappa shape index (κ3) is 6.86. The summed E-state index contributed by atoms with van der Waals surface area (Å²) in [5, 5.41) is 2.61. The van der Waals surface area contributed by atoms with Gasteiger partial charge in [0.15, 0.2) is 0 Å². The average molecular weight is 158 g/mol. The molecular formula is C7H14N2O2. The van der Waals surface area contributed by atoms with E-state index in [4.69, 9.17) is 10.5 Å². The second kappa shape index (κ2) is 7.08. The topological polar surface area (TPSA) is 64.3 Å². The number of carbonyl (C=O) groups is 1. The molecule has 0 saturated heterocycles. The number of nitrogens with two attached hydrogens (primary N) is 1. The van der Waals surface area contributed by atoms with Crippen LogP contribution < -0.4 is 11.1 Å². The molecule has 3 N–H and O–H groups in total. The molecule has 0 saturated carbocycles. The van der Waals surface area contributed by atoms with E-state index in [1.807, 2.05) is 0 Å². The highest BCUT2D eigenvalue weighted by molar-refractivity contribution is 5.77. The predicted molar refractivity (Wildman–Crippen MR) is 42.8 cm³/mol. The summed E-state index contributed by atoms with van der Waals surface area (Å²) < 4.78 is 4.83. The largest absolute Gasteiger partial charge is 0.502 e. The minimum Gasteiger partial charge on any atom is -0.502 e. The van der Waals surface area contributed by atoms with Gasteiger partial charge in [-0.3, -0.25) is 4.79 Å². The van der Waals surface area contributed by atoms with Crippen LogP contribution in [0.15, 0.2) is 12.8 Å². The minimum atomic E-state index is -0.136. The number of nitrogens with one attached hydrogen (secondary N) is 1. The first-order chi connectivity index (χ1) is 5.31. The standard InChI is InChI=1S/C7H14N2O2/c1-2-11-5-3-4-9-7(10)6-8/h2H,1,3-6,8H2,(H,9,10). The first-order valence-corrected chi connectivity index (χ1v) is 3.50. The van der Waals surface area contributed by atoms with Crippen molar-refractivity contribution >= 4 is 5.91 Å². The van der Waals surface area contributed by atoms with Crippen molar-refractivity contribution in [3.8, 4) is 0 Å². The molecular weight excluding hydrogens is 144 g/mol. The maximum Gasteiger partial charge on any atom is 0.233 e. The Bertz CT molecular complexity index is 126. The van der Waals surface area contributed by atoms with Gasteiger partial charge in [-0.15, -0.1) is 0 Å². The summed E-state index contributed by atoms with van der Waals surface area (Å²) in [6.45, 7) is 4.60. The summed E-state index contributed by atoms with van der Waals surface area (Å²) in [5.74, 6) is -0.136. The van der Waals surface area contributed by atoms with Crippen molar-refractivity contribution in [1.82, 2.24) is 5.32 Å². The molecule has 0 rings (SSSR count). The number of hydrogen-bond donors (Lipinski definition) is 2. The van der Waals surface area contributed by atoms with Crippen molar-refractivity contribution in [2.24, 2.45) is 5.73 Å². The Morgan fingerprint density at radius 1 is 1.73 bits per heavy atom. The molecule has 0 fully saturated rings. The Hall–Kier alpha value is -1.03. The number of rotatable bonds is 6. The maximum atomic E-state index is 10.5. The second-order valence-electron chi connectivity index (χ2n) is 1.95. The van der Waals surface area contributed by atoms with Crippen LogP contribution >= 0.6 is 0 Å². The molecule has 0 heterocycles. The molecule has 0 unspecified atom stereocenters. The third-order valence-corrected chi connectivity index (χ3v) is 1.06.